The second kappa shape index (κ2) is 6.10. The van der Waals surface area contributed by atoms with E-state index in [1.165, 1.54) is 11.9 Å². The van der Waals surface area contributed by atoms with Gasteiger partial charge in [0.25, 0.3) is 0 Å². The van der Waals surface area contributed by atoms with Crippen molar-refractivity contribution in [2.45, 2.75) is 18.8 Å². The first-order valence-corrected chi connectivity index (χ1v) is 7.21. The van der Waals surface area contributed by atoms with Crippen LogP contribution in [0.15, 0.2) is 36.7 Å². The molecule has 3 rings (SSSR count). The lowest BCUT2D eigenvalue weighted by molar-refractivity contribution is 0.401. The summed E-state index contributed by atoms with van der Waals surface area (Å²) in [4.78, 5) is 12.9. The summed E-state index contributed by atoms with van der Waals surface area (Å²) in [6.45, 7) is 0.767. The van der Waals surface area contributed by atoms with E-state index in [9.17, 15) is 0 Å². The molecule has 2 aromatic heterocycles. The summed E-state index contributed by atoms with van der Waals surface area (Å²) in [5.74, 6) is 1.58. The highest BCUT2D eigenvalue weighted by Crippen LogP contribution is 2.22. The molecule has 0 radical (unpaired) electrons. The molecule has 0 unspecified atom stereocenters. The van der Waals surface area contributed by atoms with E-state index in [0.717, 1.165) is 24.4 Å². The van der Waals surface area contributed by atoms with Crippen LogP contribution >= 0.6 is 11.6 Å². The molecule has 108 valence electrons. The summed E-state index contributed by atoms with van der Waals surface area (Å²) in [5.41, 5.74) is 2.68. The highest BCUT2D eigenvalue weighted by Gasteiger charge is 2.15. The molecule has 0 saturated carbocycles. The van der Waals surface area contributed by atoms with E-state index >= 15 is 0 Å². The van der Waals surface area contributed by atoms with E-state index in [0.29, 0.717) is 17.3 Å². The zero-order valence-corrected chi connectivity index (χ0v) is 12.4. The van der Waals surface area contributed by atoms with Crippen molar-refractivity contribution in [1.82, 2.24) is 19.5 Å². The lowest BCUT2D eigenvalue weighted by atomic mass is 10.1. The maximum absolute atomic E-state index is 6.01. The first kappa shape index (κ1) is 13.8. The van der Waals surface area contributed by atoms with Crippen molar-refractivity contribution in [3.05, 3.63) is 48.0 Å². The fourth-order valence-corrected chi connectivity index (χ4v) is 2.54. The molecule has 0 aliphatic rings. The largest absolute Gasteiger partial charge is 0.479 e. The number of nitrogens with zero attached hydrogens (tertiary/aromatic N) is 4. The molecule has 2 heterocycles. The molecular formula is C15H15ClN4O. The SMILES string of the molecule is COc1ncnc2c1nc(CCl)n2CCc1ccccc1. The first-order chi connectivity index (χ1) is 10.3. The number of benzene rings is 1. The molecule has 21 heavy (non-hydrogen) atoms. The lowest BCUT2D eigenvalue weighted by Gasteiger charge is -2.07. The van der Waals surface area contributed by atoms with Crippen LogP contribution in [0.1, 0.15) is 11.4 Å². The van der Waals surface area contributed by atoms with Gasteiger partial charge in [-0.15, -0.1) is 11.6 Å². The summed E-state index contributed by atoms with van der Waals surface area (Å²) in [6.07, 6.45) is 2.38. The van der Waals surface area contributed by atoms with Crippen LogP contribution in [0.4, 0.5) is 0 Å². The number of ether oxygens (including phenoxy) is 1. The topological polar surface area (TPSA) is 52.8 Å². The third kappa shape index (κ3) is 2.69. The number of rotatable bonds is 5. The number of alkyl halides is 1. The van der Waals surface area contributed by atoms with Crippen LogP contribution in [0.3, 0.4) is 0 Å². The summed E-state index contributed by atoms with van der Waals surface area (Å²) in [7, 11) is 1.57. The quantitative estimate of drug-likeness (QED) is 0.680. The Morgan fingerprint density at radius 3 is 2.71 bits per heavy atom. The maximum atomic E-state index is 6.01. The third-order valence-corrected chi connectivity index (χ3v) is 3.60. The minimum Gasteiger partial charge on any atom is -0.479 e. The van der Waals surface area contributed by atoms with E-state index in [4.69, 9.17) is 16.3 Å². The molecule has 3 aromatic rings. The molecule has 0 aliphatic heterocycles. The smallest absolute Gasteiger partial charge is 0.245 e. The van der Waals surface area contributed by atoms with Crippen LogP contribution in [0.25, 0.3) is 11.2 Å². The van der Waals surface area contributed by atoms with Crippen LogP contribution in [-0.2, 0) is 18.8 Å². The van der Waals surface area contributed by atoms with Crippen molar-refractivity contribution < 1.29 is 4.74 Å². The molecule has 0 fully saturated rings. The fraction of sp³-hybridized carbons (Fsp3) is 0.267. The van der Waals surface area contributed by atoms with E-state index in [2.05, 4.69) is 27.1 Å². The van der Waals surface area contributed by atoms with Gasteiger partial charge >= 0.3 is 0 Å². The minimum absolute atomic E-state index is 0.328. The van der Waals surface area contributed by atoms with Crippen molar-refractivity contribution in [3.63, 3.8) is 0 Å². The number of hydrogen-bond acceptors (Lipinski definition) is 4. The van der Waals surface area contributed by atoms with Gasteiger partial charge in [-0.3, -0.25) is 0 Å². The number of aromatic nitrogens is 4. The van der Waals surface area contributed by atoms with E-state index in [1.54, 1.807) is 7.11 Å². The van der Waals surface area contributed by atoms with Crippen molar-refractivity contribution >= 4 is 22.8 Å². The molecule has 0 atom stereocenters. The van der Waals surface area contributed by atoms with Gasteiger partial charge < -0.3 is 9.30 Å². The van der Waals surface area contributed by atoms with Crippen LogP contribution in [-0.4, -0.2) is 26.6 Å². The van der Waals surface area contributed by atoms with Crippen LogP contribution in [0.2, 0.25) is 0 Å². The number of imidazole rings is 1. The Balaban J connectivity index is 1.97. The minimum atomic E-state index is 0.328. The van der Waals surface area contributed by atoms with E-state index < -0.39 is 0 Å². The van der Waals surface area contributed by atoms with Gasteiger partial charge in [0, 0.05) is 6.54 Å². The molecule has 6 heteroatoms. The Labute approximate surface area is 127 Å². The predicted molar refractivity (Wildman–Crippen MR) is 81.6 cm³/mol. The van der Waals surface area contributed by atoms with Gasteiger partial charge in [-0.2, -0.15) is 4.98 Å². The second-order valence-electron chi connectivity index (χ2n) is 4.60. The summed E-state index contributed by atoms with van der Waals surface area (Å²) in [6, 6.07) is 10.3. The van der Waals surface area contributed by atoms with Gasteiger partial charge in [-0.05, 0) is 12.0 Å². The number of hydrogen-bond donors (Lipinski definition) is 0. The zero-order valence-electron chi connectivity index (χ0n) is 11.7. The Morgan fingerprint density at radius 2 is 2.00 bits per heavy atom. The molecule has 0 amide bonds. The Morgan fingerprint density at radius 1 is 1.19 bits per heavy atom. The fourth-order valence-electron chi connectivity index (χ4n) is 2.33. The van der Waals surface area contributed by atoms with E-state index in [1.807, 2.05) is 22.8 Å². The zero-order chi connectivity index (χ0) is 14.7. The highest BCUT2D eigenvalue weighted by molar-refractivity contribution is 6.16. The number of fused-ring (bicyclic) bond motifs is 1. The number of halogens is 1. The average Bonchev–Trinajstić information content (AvgIpc) is 2.91. The van der Waals surface area contributed by atoms with Gasteiger partial charge in [0.05, 0.1) is 13.0 Å². The molecule has 5 nitrogen and oxygen atoms in total. The molecular weight excluding hydrogens is 288 g/mol. The summed E-state index contributed by atoms with van der Waals surface area (Å²) in [5, 5.41) is 0. The predicted octanol–water partition coefficient (Wildman–Crippen LogP) is 2.82. The van der Waals surface area contributed by atoms with E-state index in [-0.39, 0.29) is 0 Å². The van der Waals surface area contributed by atoms with Gasteiger partial charge in [-0.25, -0.2) is 9.97 Å². The monoisotopic (exact) mass is 302 g/mol. The Kier molecular flexibility index (Phi) is 4.01. The molecule has 0 bridgehead atoms. The van der Waals surface area contributed by atoms with Gasteiger partial charge in [0.2, 0.25) is 5.88 Å². The number of methoxy groups -OCH3 is 1. The third-order valence-electron chi connectivity index (χ3n) is 3.36. The second-order valence-corrected chi connectivity index (χ2v) is 4.87. The van der Waals surface area contributed by atoms with Gasteiger partial charge in [0.1, 0.15) is 12.2 Å². The van der Waals surface area contributed by atoms with Crippen molar-refractivity contribution in [3.8, 4) is 5.88 Å². The molecule has 0 spiro atoms. The van der Waals surface area contributed by atoms with Crippen molar-refractivity contribution in [2.24, 2.45) is 0 Å². The molecule has 0 N–H and O–H groups in total. The van der Waals surface area contributed by atoms with Crippen molar-refractivity contribution in [2.75, 3.05) is 7.11 Å². The molecule has 0 aliphatic carbocycles. The standard InChI is InChI=1S/C15H15ClN4O/c1-21-15-13-14(17-10-18-15)20(12(9-16)19-13)8-7-11-5-3-2-4-6-11/h2-6,10H,7-9H2,1H3. The molecule has 0 saturated heterocycles. The van der Waals surface area contributed by atoms with Gasteiger partial charge in [0.15, 0.2) is 11.2 Å². The van der Waals surface area contributed by atoms with Crippen LogP contribution < -0.4 is 4.74 Å². The van der Waals surface area contributed by atoms with Crippen LogP contribution in [0.5, 0.6) is 5.88 Å². The molecule has 1 aromatic carbocycles. The first-order valence-electron chi connectivity index (χ1n) is 6.67. The summed E-state index contributed by atoms with van der Waals surface area (Å²) >= 11 is 6.01. The maximum Gasteiger partial charge on any atom is 0.245 e. The van der Waals surface area contributed by atoms with Crippen LogP contribution in [0, 0.1) is 0 Å². The normalized spacial score (nSPS) is 11.0. The summed E-state index contributed by atoms with van der Waals surface area (Å²) < 4.78 is 7.26. The van der Waals surface area contributed by atoms with Gasteiger partial charge in [-0.1, -0.05) is 30.3 Å². The Hall–Kier alpha value is -2.14. The Bertz CT molecular complexity index is 742. The number of aryl methyl sites for hydroxylation is 2. The average molecular weight is 303 g/mol. The van der Waals surface area contributed by atoms with Crippen molar-refractivity contribution in [1.29, 1.82) is 0 Å². The highest BCUT2D eigenvalue weighted by atomic mass is 35.5. The lowest BCUT2D eigenvalue weighted by Crippen LogP contribution is -2.06.